The average molecular weight is 619 g/mol. The van der Waals surface area contributed by atoms with Gasteiger partial charge in [-0.1, -0.05) is 58.0 Å². The predicted molar refractivity (Wildman–Crippen MR) is 157 cm³/mol. The molecule has 1 saturated heterocycles. The van der Waals surface area contributed by atoms with Crippen molar-refractivity contribution in [2.75, 3.05) is 6.54 Å². The van der Waals surface area contributed by atoms with E-state index in [-0.39, 0.29) is 38.1 Å². The first-order valence-corrected chi connectivity index (χ1v) is 14.4. The number of carboxylic acids is 2. The van der Waals surface area contributed by atoms with Gasteiger partial charge in [0.2, 0.25) is 29.3 Å². The van der Waals surface area contributed by atoms with Gasteiger partial charge in [-0.15, -0.1) is 0 Å². The number of hydrogen-bond donors (Lipinski definition) is 7. The summed E-state index contributed by atoms with van der Waals surface area (Å²) in [6.07, 6.45) is -0.545. The fraction of sp³-hybridized carbons (Fsp3) is 0.552. The summed E-state index contributed by atoms with van der Waals surface area (Å²) in [5.41, 5.74) is 3.78. The molecule has 1 aliphatic rings. The molecule has 44 heavy (non-hydrogen) atoms. The van der Waals surface area contributed by atoms with Crippen molar-refractivity contribution in [2.45, 2.75) is 83.6 Å². The van der Waals surface area contributed by atoms with E-state index < -0.39 is 77.7 Å². The molecular formula is C29H42N6O9. The van der Waals surface area contributed by atoms with E-state index in [1.807, 2.05) is 13.8 Å². The first kappa shape index (κ1) is 35.5. The zero-order chi connectivity index (χ0) is 33.2. The van der Waals surface area contributed by atoms with E-state index in [2.05, 4.69) is 21.3 Å². The van der Waals surface area contributed by atoms with Crippen molar-refractivity contribution in [1.82, 2.24) is 26.2 Å². The van der Waals surface area contributed by atoms with Crippen LogP contribution in [0.25, 0.3) is 0 Å². The number of carbonyl (C=O) groups excluding carboxylic acids is 5. The number of urea groups is 1. The summed E-state index contributed by atoms with van der Waals surface area (Å²) in [6, 6.07) is 3.61. The van der Waals surface area contributed by atoms with E-state index in [0.29, 0.717) is 0 Å². The molecule has 0 bridgehead atoms. The number of nitrogens with one attached hydrogen (secondary N) is 4. The third kappa shape index (κ3) is 9.67. The first-order chi connectivity index (χ1) is 20.6. The van der Waals surface area contributed by atoms with E-state index >= 15 is 0 Å². The summed E-state index contributed by atoms with van der Waals surface area (Å²) in [7, 11) is 0. The molecule has 2 rings (SSSR count). The molecular weight excluding hydrogens is 576 g/mol. The van der Waals surface area contributed by atoms with Gasteiger partial charge in [-0.3, -0.25) is 24.0 Å². The normalized spacial score (nSPS) is 18.2. The molecule has 242 valence electrons. The molecule has 0 radical (unpaired) electrons. The fourth-order valence-corrected chi connectivity index (χ4v) is 5.05. The summed E-state index contributed by atoms with van der Waals surface area (Å²) >= 11 is 0. The van der Waals surface area contributed by atoms with Crippen molar-refractivity contribution < 1.29 is 43.8 Å². The highest BCUT2D eigenvalue weighted by Gasteiger charge is 2.53. The van der Waals surface area contributed by atoms with Crippen molar-refractivity contribution in [3.8, 4) is 0 Å². The number of nitrogens with two attached hydrogens (primary N) is 1. The lowest BCUT2D eigenvalue weighted by molar-refractivity contribution is -0.159. The number of carbonyl (C=O) groups is 7. The second-order valence-electron chi connectivity index (χ2n) is 11.5. The van der Waals surface area contributed by atoms with Crippen LogP contribution in [0.1, 0.15) is 58.9 Å². The van der Waals surface area contributed by atoms with Gasteiger partial charge in [-0.25, -0.2) is 9.59 Å². The second-order valence-corrected chi connectivity index (χ2v) is 11.5. The minimum Gasteiger partial charge on any atom is -0.481 e. The number of rotatable bonds is 15. The summed E-state index contributed by atoms with van der Waals surface area (Å²) in [6.45, 7) is 6.75. The number of likely N-dealkylation sites (tertiary alicyclic amines) is 1. The zero-order valence-electron chi connectivity index (χ0n) is 25.3. The van der Waals surface area contributed by atoms with E-state index in [4.69, 9.17) is 5.73 Å². The number of amides is 6. The number of aliphatic carboxylic acids is 2. The zero-order valence-corrected chi connectivity index (χ0v) is 25.3. The molecule has 4 atom stereocenters. The largest absolute Gasteiger partial charge is 0.481 e. The van der Waals surface area contributed by atoms with Crippen LogP contribution in [0.3, 0.4) is 0 Å². The van der Waals surface area contributed by atoms with Crippen LogP contribution in [0.4, 0.5) is 4.79 Å². The number of hydrogen-bond acceptors (Lipinski definition) is 7. The smallest absolute Gasteiger partial charge is 0.350 e. The van der Waals surface area contributed by atoms with E-state index in [0.717, 1.165) is 10.5 Å². The third-order valence-corrected chi connectivity index (χ3v) is 7.14. The molecule has 1 aromatic carbocycles. The molecule has 8 N–H and O–H groups in total. The number of primary amides is 1. The highest BCUT2D eigenvalue weighted by Crippen LogP contribution is 2.29. The molecule has 6 amide bonds. The van der Waals surface area contributed by atoms with Gasteiger partial charge >= 0.3 is 18.0 Å². The molecule has 15 heteroatoms. The maximum absolute atomic E-state index is 13.6. The van der Waals surface area contributed by atoms with Crippen LogP contribution in [0.2, 0.25) is 0 Å². The van der Waals surface area contributed by atoms with Crippen LogP contribution >= 0.6 is 0 Å². The molecule has 0 aromatic heterocycles. The fourth-order valence-electron chi connectivity index (χ4n) is 5.05. The van der Waals surface area contributed by atoms with Crippen LogP contribution < -0.4 is 27.0 Å². The highest BCUT2D eigenvalue weighted by molar-refractivity contribution is 5.98. The molecule has 0 unspecified atom stereocenters. The van der Waals surface area contributed by atoms with Crippen LogP contribution in [0.5, 0.6) is 0 Å². The Balaban J connectivity index is 2.26. The van der Waals surface area contributed by atoms with Crippen molar-refractivity contribution in [2.24, 2.45) is 17.6 Å². The summed E-state index contributed by atoms with van der Waals surface area (Å²) in [5, 5.41) is 29.0. The van der Waals surface area contributed by atoms with Gasteiger partial charge in [0.15, 0.2) is 0 Å². The lowest BCUT2D eigenvalue weighted by Gasteiger charge is -2.38. The predicted octanol–water partition coefficient (Wildman–Crippen LogP) is -0.0681. The quantitative estimate of drug-likeness (QED) is 0.139. The van der Waals surface area contributed by atoms with E-state index in [1.165, 1.54) is 0 Å². The van der Waals surface area contributed by atoms with Crippen molar-refractivity contribution >= 4 is 41.6 Å². The second kappa shape index (κ2) is 15.7. The Kier molecular flexibility index (Phi) is 12.7. The molecule has 1 heterocycles. The Hall–Kier alpha value is -4.69. The van der Waals surface area contributed by atoms with Crippen LogP contribution in [-0.2, 0) is 35.2 Å². The standard InChI is InChI=1S/C29H42N6O9/c1-16(2)13-19(31-21(36)14-18-9-6-5-7-10-18)24(39)32-20(15-22(37)38)25(40)33-23(17(3)4)26(41)35-12-8-11-29(35,27(42)43)34-28(30)44/h5-7,9-10,16-17,19-20,23H,8,11-15H2,1-4H3,(H,31,36)(H,32,39)(H,33,40)(H,37,38)(H,42,43)(H3,30,34,44)/t19-,20-,23-,29-/m0/s1. The maximum atomic E-state index is 13.6. The summed E-state index contributed by atoms with van der Waals surface area (Å²) in [4.78, 5) is 89.3. The summed E-state index contributed by atoms with van der Waals surface area (Å²) < 4.78 is 0. The van der Waals surface area contributed by atoms with E-state index in [9.17, 15) is 43.8 Å². The van der Waals surface area contributed by atoms with Crippen LogP contribution in [-0.4, -0.2) is 87.0 Å². The topological polar surface area (TPSA) is 237 Å². The Morgan fingerprint density at radius 3 is 2.05 bits per heavy atom. The van der Waals surface area contributed by atoms with Gasteiger partial charge in [0.1, 0.15) is 18.1 Å². The van der Waals surface area contributed by atoms with Crippen LogP contribution in [0, 0.1) is 11.8 Å². The molecule has 1 aliphatic heterocycles. The van der Waals surface area contributed by atoms with Crippen molar-refractivity contribution in [3.05, 3.63) is 35.9 Å². The third-order valence-electron chi connectivity index (χ3n) is 7.14. The SMILES string of the molecule is CC(C)C[C@H](NC(=O)Cc1ccccc1)C(=O)N[C@@H](CC(=O)O)C(=O)N[C@H](C(=O)N1CCC[C@@]1(NC(N)=O)C(=O)O)C(C)C. The van der Waals surface area contributed by atoms with Gasteiger partial charge in [0, 0.05) is 13.0 Å². The Labute approximate surface area is 255 Å². The van der Waals surface area contributed by atoms with Gasteiger partial charge in [0.25, 0.3) is 0 Å². The Morgan fingerprint density at radius 1 is 0.909 bits per heavy atom. The number of nitrogens with zero attached hydrogens (tertiary/aromatic N) is 1. The maximum Gasteiger partial charge on any atom is 0.350 e. The van der Waals surface area contributed by atoms with Crippen LogP contribution in [0.15, 0.2) is 30.3 Å². The first-order valence-electron chi connectivity index (χ1n) is 14.4. The molecule has 1 aromatic rings. The van der Waals surface area contributed by atoms with Crippen molar-refractivity contribution in [3.63, 3.8) is 0 Å². The van der Waals surface area contributed by atoms with Crippen molar-refractivity contribution in [1.29, 1.82) is 0 Å². The van der Waals surface area contributed by atoms with E-state index in [1.54, 1.807) is 44.2 Å². The monoisotopic (exact) mass is 618 g/mol. The molecule has 1 fully saturated rings. The highest BCUT2D eigenvalue weighted by atomic mass is 16.4. The van der Waals surface area contributed by atoms with Gasteiger partial charge in [-0.05, 0) is 30.2 Å². The van der Waals surface area contributed by atoms with Gasteiger partial charge < -0.3 is 42.1 Å². The Morgan fingerprint density at radius 2 is 1.52 bits per heavy atom. The lowest BCUT2D eigenvalue weighted by Crippen LogP contribution is -2.68. The molecule has 0 aliphatic carbocycles. The number of benzene rings is 1. The minimum absolute atomic E-state index is 0.00111. The molecule has 0 spiro atoms. The minimum atomic E-state index is -2.13. The van der Waals surface area contributed by atoms with Gasteiger partial charge in [-0.2, -0.15) is 0 Å². The number of carboxylic acid groups (broad SMARTS) is 2. The average Bonchev–Trinajstić information content (AvgIpc) is 3.34. The van der Waals surface area contributed by atoms with Gasteiger partial charge in [0.05, 0.1) is 12.8 Å². The summed E-state index contributed by atoms with van der Waals surface area (Å²) in [5.74, 6) is -6.68. The Bertz CT molecular complexity index is 1240. The lowest BCUT2D eigenvalue weighted by atomic mass is 9.99. The molecule has 0 saturated carbocycles. The molecule has 15 nitrogen and oxygen atoms in total.